The van der Waals surface area contributed by atoms with Crippen LogP contribution >= 0.6 is 43.5 Å². The monoisotopic (exact) mass is 641 g/mol. The number of carbonyl (C=O) groups is 2. The Bertz CT molecular complexity index is 1020. The first-order chi connectivity index (χ1) is 17.2. The van der Waals surface area contributed by atoms with Crippen LogP contribution in [0, 0.1) is 5.92 Å². The highest BCUT2D eigenvalue weighted by Gasteiger charge is 2.35. The Kier molecular flexibility index (Phi) is 11.7. The molecular weight excluding hydrogens is 612 g/mol. The molecule has 0 saturated carbocycles. The quantitative estimate of drug-likeness (QED) is 0.279. The summed E-state index contributed by atoms with van der Waals surface area (Å²) in [7, 11) is -0.568. The molecule has 1 aliphatic heterocycles. The van der Waals surface area contributed by atoms with E-state index in [-0.39, 0.29) is 22.4 Å². The first kappa shape index (κ1) is 29.1. The third-order valence-corrected chi connectivity index (χ3v) is 7.36. The molecule has 1 aliphatic rings. The molecule has 0 unspecified atom stereocenters. The topological polar surface area (TPSA) is 88.7 Å². The predicted octanol–water partition coefficient (Wildman–Crippen LogP) is 4.40. The molecule has 2 aromatic rings. The van der Waals surface area contributed by atoms with E-state index in [1.807, 2.05) is 30.3 Å². The average Bonchev–Trinajstić information content (AvgIpc) is 2.80. The van der Waals surface area contributed by atoms with Gasteiger partial charge in [0.1, 0.15) is 6.04 Å². The molecule has 0 aromatic heterocycles. The molecule has 0 aliphatic carbocycles. The summed E-state index contributed by atoms with van der Waals surface area (Å²) in [4.78, 5) is 26.9. The summed E-state index contributed by atoms with van der Waals surface area (Å²) >= 11 is 13.2. The third kappa shape index (κ3) is 8.85. The maximum atomic E-state index is 13.6. The fourth-order valence-electron chi connectivity index (χ4n) is 3.95. The zero-order valence-corrected chi connectivity index (χ0v) is 24.3. The highest BCUT2D eigenvalue weighted by atomic mass is 79.9. The van der Waals surface area contributed by atoms with E-state index in [1.54, 1.807) is 12.1 Å². The largest absolute Gasteiger partial charge is 0.480 e. The van der Waals surface area contributed by atoms with Crippen molar-refractivity contribution in [1.82, 2.24) is 16.0 Å². The van der Waals surface area contributed by atoms with Crippen molar-refractivity contribution in [3.8, 4) is 0 Å². The molecule has 7 nitrogen and oxygen atoms in total. The SMILES string of the molecule is CC(C)C[C@H](NC(=O)[C@H](Cc1ccccc1)NC(=O)c1cc(Br)cc(Br)c1Cl)B1OCCNCCO1. The fraction of sp³-hybridized carbons (Fsp3) is 0.440. The van der Waals surface area contributed by atoms with Crippen LogP contribution in [0.5, 0.6) is 0 Å². The van der Waals surface area contributed by atoms with Gasteiger partial charge >= 0.3 is 7.12 Å². The Balaban J connectivity index is 1.83. The third-order valence-electron chi connectivity index (χ3n) is 5.65. The maximum Gasteiger partial charge on any atom is 0.480 e. The van der Waals surface area contributed by atoms with Gasteiger partial charge in [-0.1, -0.05) is 71.7 Å². The van der Waals surface area contributed by atoms with Crippen LogP contribution in [0.25, 0.3) is 0 Å². The first-order valence-electron chi connectivity index (χ1n) is 12.0. The molecule has 2 aromatic carbocycles. The minimum absolute atomic E-state index is 0.265. The van der Waals surface area contributed by atoms with Crippen LogP contribution in [0.4, 0.5) is 0 Å². The highest BCUT2D eigenvalue weighted by molar-refractivity contribution is 9.11. The van der Waals surface area contributed by atoms with Crippen molar-refractivity contribution in [3.05, 3.63) is 67.6 Å². The van der Waals surface area contributed by atoms with Gasteiger partial charge in [-0.25, -0.2) is 0 Å². The lowest BCUT2D eigenvalue weighted by atomic mass is 9.73. The number of rotatable bonds is 9. The predicted molar refractivity (Wildman–Crippen MR) is 150 cm³/mol. The summed E-state index contributed by atoms with van der Waals surface area (Å²) in [6, 6.07) is 12.1. The molecule has 3 N–H and O–H groups in total. The van der Waals surface area contributed by atoms with E-state index in [0.29, 0.717) is 40.9 Å². The standard InChI is InChI=1S/C25H31BBr2ClN3O4/c1-16(2)12-22(26-35-10-8-30-9-11-36-26)32-25(34)21(13-17-6-4-3-5-7-17)31-24(33)19-14-18(27)15-20(28)23(19)29/h3-7,14-16,21-22,30H,8-13H2,1-2H3,(H,31,33)(H,32,34)/t21-,22-/m0/s1. The summed E-state index contributed by atoms with van der Waals surface area (Å²) in [6.45, 7) is 6.57. The molecule has 0 bridgehead atoms. The van der Waals surface area contributed by atoms with E-state index >= 15 is 0 Å². The Morgan fingerprint density at radius 2 is 1.75 bits per heavy atom. The second-order valence-electron chi connectivity index (χ2n) is 9.07. The van der Waals surface area contributed by atoms with Crippen molar-refractivity contribution in [2.45, 2.75) is 38.7 Å². The van der Waals surface area contributed by atoms with Crippen LogP contribution in [0.2, 0.25) is 5.02 Å². The normalized spacial score (nSPS) is 16.1. The zero-order valence-electron chi connectivity index (χ0n) is 20.4. The Labute approximate surface area is 234 Å². The van der Waals surface area contributed by atoms with Crippen molar-refractivity contribution in [1.29, 1.82) is 0 Å². The van der Waals surface area contributed by atoms with E-state index in [4.69, 9.17) is 20.9 Å². The van der Waals surface area contributed by atoms with Gasteiger partial charge in [-0.2, -0.15) is 0 Å². The molecule has 194 valence electrons. The van der Waals surface area contributed by atoms with Gasteiger partial charge in [-0.3, -0.25) is 9.59 Å². The van der Waals surface area contributed by atoms with Gasteiger partial charge in [0.2, 0.25) is 5.91 Å². The van der Waals surface area contributed by atoms with Crippen molar-refractivity contribution >= 4 is 62.4 Å². The minimum Gasteiger partial charge on any atom is -0.408 e. The summed E-state index contributed by atoms with van der Waals surface area (Å²) in [5.41, 5.74) is 1.19. The summed E-state index contributed by atoms with van der Waals surface area (Å²) in [6.07, 6.45) is 0.982. The van der Waals surface area contributed by atoms with E-state index < -0.39 is 19.1 Å². The minimum atomic E-state index is -0.835. The number of hydrogen-bond acceptors (Lipinski definition) is 5. The van der Waals surface area contributed by atoms with Crippen molar-refractivity contribution in [2.75, 3.05) is 26.3 Å². The molecule has 1 heterocycles. The summed E-state index contributed by atoms with van der Waals surface area (Å²) in [5.74, 6) is -0.820. The molecule has 1 fully saturated rings. The lowest BCUT2D eigenvalue weighted by molar-refractivity contribution is -0.123. The van der Waals surface area contributed by atoms with Gasteiger partial charge < -0.3 is 25.3 Å². The van der Waals surface area contributed by atoms with Crippen molar-refractivity contribution in [3.63, 3.8) is 0 Å². The smallest absolute Gasteiger partial charge is 0.408 e. The van der Waals surface area contributed by atoms with Crippen LogP contribution < -0.4 is 16.0 Å². The first-order valence-corrected chi connectivity index (χ1v) is 13.9. The second-order valence-corrected chi connectivity index (χ2v) is 11.2. The van der Waals surface area contributed by atoms with E-state index in [9.17, 15) is 9.59 Å². The van der Waals surface area contributed by atoms with Crippen LogP contribution in [-0.4, -0.2) is 57.2 Å². The van der Waals surface area contributed by atoms with Gasteiger partial charge in [0, 0.05) is 41.7 Å². The van der Waals surface area contributed by atoms with Crippen LogP contribution in [0.3, 0.4) is 0 Å². The zero-order chi connectivity index (χ0) is 26.1. The highest BCUT2D eigenvalue weighted by Crippen LogP contribution is 2.30. The van der Waals surface area contributed by atoms with Crippen LogP contribution in [0.1, 0.15) is 36.2 Å². The Morgan fingerprint density at radius 3 is 2.39 bits per heavy atom. The number of carbonyl (C=O) groups excluding carboxylic acids is 2. The molecule has 0 radical (unpaired) electrons. The van der Waals surface area contributed by atoms with E-state index in [0.717, 1.165) is 18.7 Å². The van der Waals surface area contributed by atoms with Gasteiger partial charge in [0.15, 0.2) is 0 Å². The number of amides is 2. The molecule has 36 heavy (non-hydrogen) atoms. The number of nitrogens with one attached hydrogen (secondary N) is 3. The summed E-state index contributed by atoms with van der Waals surface area (Å²) in [5, 5.41) is 9.49. The Hall–Kier alpha value is -1.43. The lowest BCUT2D eigenvalue weighted by Crippen LogP contribution is -2.57. The van der Waals surface area contributed by atoms with E-state index in [2.05, 4.69) is 61.7 Å². The molecular formula is C25H31BBr2ClN3O4. The summed E-state index contributed by atoms with van der Waals surface area (Å²) < 4.78 is 13.1. The molecule has 1 saturated heterocycles. The van der Waals surface area contributed by atoms with E-state index in [1.165, 1.54) is 0 Å². The van der Waals surface area contributed by atoms with Crippen LogP contribution in [-0.2, 0) is 20.5 Å². The van der Waals surface area contributed by atoms with Crippen molar-refractivity contribution < 1.29 is 18.9 Å². The molecule has 3 rings (SSSR count). The molecule has 2 amide bonds. The molecule has 0 spiro atoms. The van der Waals surface area contributed by atoms with Crippen molar-refractivity contribution in [2.24, 2.45) is 5.92 Å². The molecule has 2 atom stereocenters. The Morgan fingerprint density at radius 1 is 1.08 bits per heavy atom. The van der Waals surface area contributed by atoms with Gasteiger partial charge in [0.05, 0.1) is 16.5 Å². The fourth-order valence-corrected chi connectivity index (χ4v) is 5.37. The number of hydrogen-bond donors (Lipinski definition) is 3. The lowest BCUT2D eigenvalue weighted by Gasteiger charge is -2.29. The number of halogens is 3. The van der Waals surface area contributed by atoms with Gasteiger partial charge in [-0.15, -0.1) is 0 Å². The van der Waals surface area contributed by atoms with Crippen LogP contribution in [0.15, 0.2) is 51.4 Å². The maximum absolute atomic E-state index is 13.6. The molecule has 11 heteroatoms. The van der Waals surface area contributed by atoms with Gasteiger partial charge in [-0.05, 0) is 46.0 Å². The number of benzene rings is 2. The average molecular weight is 644 g/mol. The second kappa shape index (κ2) is 14.5. The van der Waals surface area contributed by atoms with Gasteiger partial charge in [0.25, 0.3) is 5.91 Å².